The summed E-state index contributed by atoms with van der Waals surface area (Å²) >= 11 is 0.305. The van der Waals surface area contributed by atoms with Gasteiger partial charge in [0, 0.05) is 10.9 Å². The van der Waals surface area contributed by atoms with Crippen LogP contribution in [0.5, 0.6) is 0 Å². The number of carbonyl (C=O) groups is 1. The van der Waals surface area contributed by atoms with E-state index >= 15 is 0 Å². The Morgan fingerprint density at radius 1 is 1.04 bits per heavy atom. The van der Waals surface area contributed by atoms with Crippen LogP contribution < -0.4 is 0 Å². The van der Waals surface area contributed by atoms with Crippen molar-refractivity contribution in [3.8, 4) is 5.69 Å². The van der Waals surface area contributed by atoms with E-state index in [1.807, 2.05) is 6.08 Å². The molecular formula is C32H27F5N4O3S2. The second kappa shape index (κ2) is 11.2. The van der Waals surface area contributed by atoms with E-state index in [2.05, 4.69) is 16.0 Å². The smallest absolute Gasteiger partial charge is 0.378 e. The van der Waals surface area contributed by atoms with E-state index in [1.165, 1.54) is 36.4 Å². The zero-order valence-electron chi connectivity index (χ0n) is 24.2. The molecule has 14 heteroatoms. The van der Waals surface area contributed by atoms with Crippen LogP contribution in [0.3, 0.4) is 0 Å². The fourth-order valence-electron chi connectivity index (χ4n) is 6.72. The quantitative estimate of drug-likeness (QED) is 0.129. The van der Waals surface area contributed by atoms with E-state index in [1.54, 1.807) is 27.3 Å². The topological polar surface area (TPSA) is 77.3 Å². The van der Waals surface area contributed by atoms with E-state index in [9.17, 15) is 31.0 Å². The van der Waals surface area contributed by atoms with Crippen molar-refractivity contribution < 1.29 is 35.7 Å². The van der Waals surface area contributed by atoms with Crippen molar-refractivity contribution in [2.75, 3.05) is 13.2 Å². The Bertz CT molecular complexity index is 1950. The van der Waals surface area contributed by atoms with Gasteiger partial charge >= 0.3 is 6.18 Å². The molecule has 46 heavy (non-hydrogen) atoms. The van der Waals surface area contributed by atoms with E-state index in [4.69, 9.17) is 4.74 Å². The van der Waals surface area contributed by atoms with Gasteiger partial charge in [-0.05, 0) is 91.7 Å². The molecule has 3 atom stereocenters. The largest absolute Gasteiger partial charge is 0.427 e. The third-order valence-corrected chi connectivity index (χ3v) is 12.3. The first-order valence-electron chi connectivity index (χ1n) is 14.5. The maximum atomic E-state index is 14.5. The summed E-state index contributed by atoms with van der Waals surface area (Å²) in [5, 5.41) is 4.25. The molecule has 0 amide bonds. The molecule has 0 bridgehead atoms. The van der Waals surface area contributed by atoms with Gasteiger partial charge in [0.15, 0.2) is 5.01 Å². The highest BCUT2D eigenvalue weighted by atomic mass is 32.2. The molecule has 7 nitrogen and oxygen atoms in total. The number of hydrogen-bond acceptors (Lipinski definition) is 6. The highest BCUT2D eigenvalue weighted by molar-refractivity contribution is 7.98. The number of ether oxygens (including phenoxy) is 1. The molecule has 1 aliphatic heterocycles. The van der Waals surface area contributed by atoms with Crippen LogP contribution in [0, 0.1) is 17.0 Å². The van der Waals surface area contributed by atoms with E-state index in [-0.39, 0.29) is 37.1 Å². The van der Waals surface area contributed by atoms with Gasteiger partial charge in [0.25, 0.3) is 0 Å². The van der Waals surface area contributed by atoms with E-state index in [0.29, 0.717) is 57.8 Å². The van der Waals surface area contributed by atoms with Gasteiger partial charge < -0.3 is 4.74 Å². The first kappa shape index (κ1) is 30.9. The van der Waals surface area contributed by atoms with Crippen molar-refractivity contribution in [2.45, 2.75) is 48.8 Å². The van der Waals surface area contributed by atoms with E-state index < -0.39 is 49.6 Å². The second-order valence-electron chi connectivity index (χ2n) is 11.8. The monoisotopic (exact) mass is 674 g/mol. The number of nitrogens with zero attached hydrogens (tertiary/aromatic N) is 4. The summed E-state index contributed by atoms with van der Waals surface area (Å²) in [4.78, 5) is 17.8. The average Bonchev–Trinajstić information content (AvgIpc) is 3.65. The predicted octanol–water partition coefficient (Wildman–Crippen LogP) is 6.38. The van der Waals surface area contributed by atoms with Crippen molar-refractivity contribution in [1.82, 2.24) is 19.1 Å². The van der Waals surface area contributed by atoms with Crippen LogP contribution in [-0.4, -0.2) is 60.2 Å². The second-order valence-corrected chi connectivity index (χ2v) is 15.0. The number of alkyl halides is 3. The number of ketones is 1. The zero-order chi connectivity index (χ0) is 32.4. The number of thiazole rings is 1. The number of benzene rings is 2. The summed E-state index contributed by atoms with van der Waals surface area (Å²) in [5.41, 5.74) is 1.37. The van der Waals surface area contributed by atoms with Gasteiger partial charge in [-0.15, -0.1) is 11.3 Å². The minimum atomic E-state index is -4.66. The molecule has 1 saturated heterocycles. The minimum absolute atomic E-state index is 0.121. The maximum Gasteiger partial charge on any atom is 0.427 e. The molecule has 7 rings (SSSR count). The minimum Gasteiger partial charge on any atom is -0.378 e. The molecule has 1 unspecified atom stereocenters. The summed E-state index contributed by atoms with van der Waals surface area (Å²) < 4.78 is 91.5. The van der Waals surface area contributed by atoms with Gasteiger partial charge in [0.2, 0.25) is 5.78 Å². The number of aromatic nitrogens is 3. The zero-order valence-corrected chi connectivity index (χ0v) is 25.8. The normalized spacial score (nSPS) is 22.8. The van der Waals surface area contributed by atoms with Gasteiger partial charge in [0.1, 0.15) is 16.5 Å². The molecule has 0 spiro atoms. The van der Waals surface area contributed by atoms with Crippen molar-refractivity contribution >= 4 is 38.8 Å². The number of fused-ring (bicyclic) bond motifs is 2. The number of allylic oxidation sites excluding steroid dienone is 1. The van der Waals surface area contributed by atoms with Crippen molar-refractivity contribution in [3.05, 3.63) is 99.3 Å². The van der Waals surface area contributed by atoms with E-state index in [0.717, 1.165) is 0 Å². The Labute approximate surface area is 265 Å². The molecule has 0 radical (unpaired) electrons. The predicted molar refractivity (Wildman–Crippen MR) is 163 cm³/mol. The van der Waals surface area contributed by atoms with Gasteiger partial charge in [-0.2, -0.15) is 18.3 Å². The SMILES string of the molecule is C=S(=O)(c1ccc(F)cc1)N(C1COC1)[C@H]1CCC2=Cc3c(cnn3-c3ccc(F)cc3)C[C@]2(C(=O)c2ncc(C(F)(F)F)s2)C1. The Morgan fingerprint density at radius 3 is 2.33 bits per heavy atom. The Kier molecular flexibility index (Phi) is 7.54. The van der Waals surface area contributed by atoms with Crippen molar-refractivity contribution in [2.24, 2.45) is 5.41 Å². The number of carbonyl (C=O) groups excluding carboxylic acids is 1. The van der Waals surface area contributed by atoms with Crippen LogP contribution in [0.2, 0.25) is 0 Å². The lowest BCUT2D eigenvalue weighted by atomic mass is 9.61. The summed E-state index contributed by atoms with van der Waals surface area (Å²) in [7, 11) is -3.20. The summed E-state index contributed by atoms with van der Waals surface area (Å²) in [5.74, 6) is 2.64. The van der Waals surface area contributed by atoms with Crippen LogP contribution in [0.15, 0.2) is 71.4 Å². The molecule has 0 N–H and O–H groups in total. The fraction of sp³-hybridized carbons (Fsp3) is 0.312. The first-order valence-corrected chi connectivity index (χ1v) is 17.0. The highest BCUT2D eigenvalue weighted by Crippen LogP contribution is 2.52. The molecule has 240 valence electrons. The van der Waals surface area contributed by atoms with Crippen LogP contribution in [-0.2, 0) is 27.0 Å². The lowest BCUT2D eigenvalue weighted by Gasteiger charge is -2.50. The van der Waals surface area contributed by atoms with Gasteiger partial charge in [-0.25, -0.2) is 27.0 Å². The average molecular weight is 675 g/mol. The standard InChI is InChI=1S/C32H27F5N4O3S2/c1-46(43,26-10-5-22(34)6-11-26)41(25-17-44-18-25)24-7-2-20-12-27-19(15-39-40(27)23-8-3-21(33)4-9-23)13-31(20,14-24)29(42)30-38-16-28(45-30)32(35,36)37/h3-6,8-12,15-16,24-25H,1-2,7,13-14,17-18H2/t24-,31-,46?/m0/s1. The molecule has 2 aromatic carbocycles. The molecule has 1 saturated carbocycles. The number of halogens is 5. The van der Waals surface area contributed by atoms with Crippen LogP contribution in [0.25, 0.3) is 11.8 Å². The summed E-state index contributed by atoms with van der Waals surface area (Å²) in [6, 6.07) is 10.3. The third-order valence-electron chi connectivity index (χ3n) is 8.98. The van der Waals surface area contributed by atoms with Crippen molar-refractivity contribution in [1.29, 1.82) is 0 Å². The van der Waals surface area contributed by atoms with Crippen LogP contribution in [0.4, 0.5) is 22.0 Å². The number of Topliss-reactive ketones (excluding diaryl/α,β-unsaturated/α-hetero) is 1. The molecule has 3 aliphatic rings. The maximum absolute atomic E-state index is 14.5. The van der Waals surface area contributed by atoms with Gasteiger partial charge in [-0.1, -0.05) is 5.57 Å². The lowest BCUT2D eigenvalue weighted by Crippen LogP contribution is -2.58. The van der Waals surface area contributed by atoms with Crippen molar-refractivity contribution in [3.63, 3.8) is 0 Å². The number of rotatable bonds is 7. The molecule has 2 aliphatic carbocycles. The summed E-state index contributed by atoms with van der Waals surface area (Å²) in [6.45, 7) is 0.563. The molecular weight excluding hydrogens is 648 g/mol. The third kappa shape index (κ3) is 5.20. The summed E-state index contributed by atoms with van der Waals surface area (Å²) in [6.07, 6.45) is 0.552. The molecule has 2 aromatic heterocycles. The Hall–Kier alpha value is -3.72. The first-order chi connectivity index (χ1) is 21.9. The number of hydrogen-bond donors (Lipinski definition) is 0. The molecule has 2 fully saturated rings. The fourth-order valence-corrected chi connectivity index (χ4v) is 9.62. The molecule has 3 heterocycles. The van der Waals surface area contributed by atoms with Gasteiger partial charge in [-0.3, -0.25) is 4.79 Å². The molecule has 4 aromatic rings. The Morgan fingerprint density at radius 2 is 1.72 bits per heavy atom. The highest BCUT2D eigenvalue weighted by Gasteiger charge is 2.53. The van der Waals surface area contributed by atoms with Crippen LogP contribution >= 0.6 is 11.3 Å². The van der Waals surface area contributed by atoms with Crippen LogP contribution in [0.1, 0.15) is 45.2 Å². The Balaban J connectivity index is 1.32. The lowest BCUT2D eigenvalue weighted by molar-refractivity contribution is -0.134. The van der Waals surface area contributed by atoms with Gasteiger partial charge in [0.05, 0.1) is 58.2 Å².